The minimum atomic E-state index is -0.359. The van der Waals surface area contributed by atoms with Crippen molar-refractivity contribution < 1.29 is 9.53 Å². The molecule has 2 aromatic rings. The fourth-order valence-electron chi connectivity index (χ4n) is 2.66. The van der Waals surface area contributed by atoms with Gasteiger partial charge in [0.2, 0.25) is 5.95 Å². The highest BCUT2D eigenvalue weighted by molar-refractivity contribution is 5.92. The molecule has 0 unspecified atom stereocenters. The lowest BCUT2D eigenvalue weighted by atomic mass is 10.1. The number of nitrogen functional groups attached to an aromatic ring is 1. The molecule has 1 aromatic heterocycles. The lowest BCUT2D eigenvalue weighted by Gasteiger charge is -2.36. The molecule has 1 fully saturated rings. The van der Waals surface area contributed by atoms with E-state index in [0.29, 0.717) is 11.3 Å². The quantitative estimate of drug-likeness (QED) is 0.672. The predicted octanol–water partition coefficient (Wildman–Crippen LogP) is 1.17. The van der Waals surface area contributed by atoms with Gasteiger partial charge in [-0.1, -0.05) is 0 Å². The smallest absolute Gasteiger partial charge is 0.337 e. The molecule has 1 aliphatic heterocycles. The third kappa shape index (κ3) is 3.18. The molecule has 23 heavy (non-hydrogen) atoms. The molecular formula is C16H19N5O2. The van der Waals surface area contributed by atoms with Crippen molar-refractivity contribution in [1.29, 1.82) is 0 Å². The summed E-state index contributed by atoms with van der Waals surface area (Å²) in [6.07, 6.45) is 3.49. The molecule has 1 aromatic carbocycles. The zero-order chi connectivity index (χ0) is 16.2. The van der Waals surface area contributed by atoms with Gasteiger partial charge in [0, 0.05) is 38.6 Å². The zero-order valence-corrected chi connectivity index (χ0v) is 13.0. The fourth-order valence-corrected chi connectivity index (χ4v) is 2.66. The lowest BCUT2D eigenvalue weighted by Crippen LogP contribution is -2.47. The SMILES string of the molecule is COC(=O)c1ccc(N)c(N2CCN(c3ncccn3)CC2)c1. The van der Waals surface area contributed by atoms with Crippen LogP contribution < -0.4 is 15.5 Å². The van der Waals surface area contributed by atoms with Crippen LogP contribution in [0, 0.1) is 0 Å². The molecule has 0 radical (unpaired) electrons. The second kappa shape index (κ2) is 6.51. The molecule has 0 aliphatic carbocycles. The molecule has 0 spiro atoms. The highest BCUT2D eigenvalue weighted by atomic mass is 16.5. The first kappa shape index (κ1) is 15.1. The number of esters is 1. The first-order valence-electron chi connectivity index (χ1n) is 7.44. The number of aromatic nitrogens is 2. The van der Waals surface area contributed by atoms with Crippen molar-refractivity contribution in [3.05, 3.63) is 42.2 Å². The summed E-state index contributed by atoms with van der Waals surface area (Å²) in [5, 5.41) is 0. The van der Waals surface area contributed by atoms with E-state index < -0.39 is 0 Å². The highest BCUT2D eigenvalue weighted by Gasteiger charge is 2.21. The van der Waals surface area contributed by atoms with Crippen LogP contribution in [0.5, 0.6) is 0 Å². The van der Waals surface area contributed by atoms with Gasteiger partial charge in [0.05, 0.1) is 24.0 Å². The number of ether oxygens (including phenoxy) is 1. The summed E-state index contributed by atoms with van der Waals surface area (Å²) in [6, 6.07) is 7.02. The molecule has 1 aliphatic rings. The lowest BCUT2D eigenvalue weighted by molar-refractivity contribution is 0.0601. The Labute approximate surface area is 134 Å². The zero-order valence-electron chi connectivity index (χ0n) is 13.0. The molecule has 0 saturated carbocycles. The number of rotatable bonds is 3. The Hall–Kier alpha value is -2.83. The van der Waals surface area contributed by atoms with Crippen molar-refractivity contribution >= 4 is 23.3 Å². The maximum atomic E-state index is 11.7. The van der Waals surface area contributed by atoms with Crippen molar-refractivity contribution in [1.82, 2.24) is 9.97 Å². The van der Waals surface area contributed by atoms with E-state index in [0.717, 1.165) is 37.8 Å². The molecule has 7 nitrogen and oxygen atoms in total. The molecular weight excluding hydrogens is 294 g/mol. The summed E-state index contributed by atoms with van der Waals surface area (Å²) in [6.45, 7) is 3.16. The summed E-state index contributed by atoms with van der Waals surface area (Å²) < 4.78 is 4.77. The van der Waals surface area contributed by atoms with Crippen LogP contribution in [-0.4, -0.2) is 49.2 Å². The standard InChI is InChI=1S/C16H19N5O2/c1-23-15(22)12-3-4-13(17)14(11-12)20-7-9-21(10-8-20)16-18-5-2-6-19-16/h2-6,11H,7-10,17H2,1H3. The van der Waals surface area contributed by atoms with Crippen molar-refractivity contribution in [2.24, 2.45) is 0 Å². The molecule has 1 saturated heterocycles. The third-order valence-electron chi connectivity index (χ3n) is 3.91. The van der Waals surface area contributed by atoms with E-state index in [1.165, 1.54) is 7.11 Å². The van der Waals surface area contributed by atoms with E-state index in [1.807, 2.05) is 0 Å². The van der Waals surface area contributed by atoms with Gasteiger partial charge in [-0.2, -0.15) is 0 Å². The largest absolute Gasteiger partial charge is 0.465 e. The monoisotopic (exact) mass is 313 g/mol. The predicted molar refractivity (Wildman–Crippen MR) is 88.7 cm³/mol. The van der Waals surface area contributed by atoms with Crippen LogP contribution in [0.2, 0.25) is 0 Å². The number of anilines is 3. The minimum absolute atomic E-state index is 0.359. The summed E-state index contributed by atoms with van der Waals surface area (Å²) in [5.41, 5.74) is 8.10. The molecule has 2 N–H and O–H groups in total. The van der Waals surface area contributed by atoms with E-state index >= 15 is 0 Å². The molecule has 7 heteroatoms. The number of hydrogen-bond acceptors (Lipinski definition) is 7. The van der Waals surface area contributed by atoms with Crippen LogP contribution in [-0.2, 0) is 4.74 Å². The van der Waals surface area contributed by atoms with E-state index in [1.54, 1.807) is 36.7 Å². The molecule has 120 valence electrons. The van der Waals surface area contributed by atoms with Gasteiger partial charge in [-0.05, 0) is 24.3 Å². The van der Waals surface area contributed by atoms with Gasteiger partial charge in [0.15, 0.2) is 0 Å². The van der Waals surface area contributed by atoms with Crippen LogP contribution in [0.3, 0.4) is 0 Å². The van der Waals surface area contributed by atoms with Gasteiger partial charge in [0.25, 0.3) is 0 Å². The number of carbonyl (C=O) groups excluding carboxylic acids is 1. The summed E-state index contributed by atoms with van der Waals surface area (Å²) in [5.74, 6) is 0.381. The number of methoxy groups -OCH3 is 1. The Bertz CT molecular complexity index is 684. The van der Waals surface area contributed by atoms with Gasteiger partial charge in [-0.25, -0.2) is 14.8 Å². The number of nitrogens with two attached hydrogens (primary N) is 1. The topological polar surface area (TPSA) is 84.6 Å². The van der Waals surface area contributed by atoms with Crippen LogP contribution in [0.25, 0.3) is 0 Å². The van der Waals surface area contributed by atoms with Crippen LogP contribution >= 0.6 is 0 Å². The Balaban J connectivity index is 1.73. The third-order valence-corrected chi connectivity index (χ3v) is 3.91. The Morgan fingerprint density at radius 3 is 2.43 bits per heavy atom. The minimum Gasteiger partial charge on any atom is -0.465 e. The summed E-state index contributed by atoms with van der Waals surface area (Å²) in [7, 11) is 1.37. The van der Waals surface area contributed by atoms with E-state index in [-0.39, 0.29) is 5.97 Å². The average Bonchev–Trinajstić information content (AvgIpc) is 2.62. The maximum absolute atomic E-state index is 11.7. The molecule has 2 heterocycles. The molecule has 0 atom stereocenters. The summed E-state index contributed by atoms with van der Waals surface area (Å²) in [4.78, 5) is 24.5. The Morgan fingerprint density at radius 2 is 1.78 bits per heavy atom. The van der Waals surface area contributed by atoms with Gasteiger partial charge in [-0.3, -0.25) is 0 Å². The molecule has 0 bridgehead atoms. The highest BCUT2D eigenvalue weighted by Crippen LogP contribution is 2.26. The van der Waals surface area contributed by atoms with Crippen molar-refractivity contribution in [2.45, 2.75) is 0 Å². The van der Waals surface area contributed by atoms with E-state index in [4.69, 9.17) is 10.5 Å². The first-order valence-corrected chi connectivity index (χ1v) is 7.44. The summed E-state index contributed by atoms with van der Waals surface area (Å²) >= 11 is 0. The second-order valence-electron chi connectivity index (χ2n) is 5.29. The maximum Gasteiger partial charge on any atom is 0.337 e. The van der Waals surface area contributed by atoms with Crippen molar-refractivity contribution in [2.75, 3.05) is 48.8 Å². The number of carbonyl (C=O) groups is 1. The normalized spacial score (nSPS) is 14.7. The van der Waals surface area contributed by atoms with Crippen LogP contribution in [0.15, 0.2) is 36.7 Å². The number of nitrogens with zero attached hydrogens (tertiary/aromatic N) is 4. The first-order chi connectivity index (χ1) is 11.2. The number of hydrogen-bond donors (Lipinski definition) is 1. The Morgan fingerprint density at radius 1 is 1.13 bits per heavy atom. The van der Waals surface area contributed by atoms with Gasteiger partial charge in [-0.15, -0.1) is 0 Å². The van der Waals surface area contributed by atoms with Crippen molar-refractivity contribution in [3.8, 4) is 0 Å². The van der Waals surface area contributed by atoms with Gasteiger partial charge in [0.1, 0.15) is 0 Å². The van der Waals surface area contributed by atoms with Gasteiger partial charge >= 0.3 is 5.97 Å². The van der Waals surface area contributed by atoms with Crippen LogP contribution in [0.4, 0.5) is 17.3 Å². The molecule has 0 amide bonds. The fraction of sp³-hybridized carbons (Fsp3) is 0.312. The van der Waals surface area contributed by atoms with Crippen molar-refractivity contribution in [3.63, 3.8) is 0 Å². The second-order valence-corrected chi connectivity index (χ2v) is 5.29. The number of piperazine rings is 1. The Kier molecular flexibility index (Phi) is 4.27. The molecule has 3 rings (SSSR count). The van der Waals surface area contributed by atoms with Crippen LogP contribution in [0.1, 0.15) is 10.4 Å². The van der Waals surface area contributed by atoms with Gasteiger partial charge < -0.3 is 20.3 Å². The van der Waals surface area contributed by atoms with E-state index in [9.17, 15) is 4.79 Å². The van der Waals surface area contributed by atoms with E-state index in [2.05, 4.69) is 19.8 Å². The number of benzene rings is 1. The average molecular weight is 313 g/mol.